The highest BCUT2D eigenvalue weighted by molar-refractivity contribution is 8.02. The van der Waals surface area contributed by atoms with Crippen molar-refractivity contribution >= 4 is 35.0 Å². The summed E-state index contributed by atoms with van der Waals surface area (Å²) in [4.78, 5) is 4.07. The zero-order valence-corrected chi connectivity index (χ0v) is 16.5. The molecule has 6 heteroatoms. The van der Waals surface area contributed by atoms with Crippen LogP contribution in [0.15, 0.2) is 75.4 Å². The average molecular weight is 395 g/mol. The van der Waals surface area contributed by atoms with Crippen LogP contribution < -0.4 is 0 Å². The third kappa shape index (κ3) is 6.40. The Morgan fingerprint density at radius 2 is 1.96 bits per heavy atom. The lowest BCUT2D eigenvalue weighted by molar-refractivity contribution is 0.177. The molecule has 0 saturated heterocycles. The van der Waals surface area contributed by atoms with Crippen molar-refractivity contribution in [3.63, 3.8) is 0 Å². The van der Waals surface area contributed by atoms with E-state index in [0.29, 0.717) is 16.7 Å². The predicted molar refractivity (Wildman–Crippen MR) is 107 cm³/mol. The summed E-state index contributed by atoms with van der Waals surface area (Å²) < 4.78 is 7.53. The van der Waals surface area contributed by atoms with Crippen molar-refractivity contribution in [2.75, 3.05) is 7.11 Å². The molecule has 132 valence electrons. The Bertz CT molecular complexity index is 767. The van der Waals surface area contributed by atoms with Gasteiger partial charge in [0.1, 0.15) is 0 Å². The van der Waals surface area contributed by atoms with E-state index in [1.54, 1.807) is 43.4 Å². The van der Waals surface area contributed by atoms with Gasteiger partial charge in [0.25, 0.3) is 0 Å². The number of nitrogens with zero attached hydrogens (tertiary/aromatic N) is 2. The molecular weight excluding hydrogens is 375 g/mol. The van der Waals surface area contributed by atoms with Crippen LogP contribution in [0.25, 0.3) is 0 Å². The molecule has 0 N–H and O–H groups in total. The molecule has 0 aliphatic heterocycles. The Hall–Kier alpha value is -1.46. The third-order valence-corrected chi connectivity index (χ3v) is 4.81. The Kier molecular flexibility index (Phi) is 8.35. The minimum Gasteiger partial charge on any atom is -0.378 e. The van der Waals surface area contributed by atoms with E-state index in [9.17, 15) is 0 Å². The smallest absolute Gasteiger partial charge is 0.0864 e. The molecule has 0 aliphatic carbocycles. The zero-order chi connectivity index (χ0) is 18.1. The maximum Gasteiger partial charge on any atom is 0.0864 e. The highest BCUT2D eigenvalue weighted by atomic mass is 35.5. The number of halogens is 2. The first kappa shape index (κ1) is 19.9. The number of ether oxygens (including phenoxy) is 1. The number of rotatable bonds is 8. The van der Waals surface area contributed by atoms with E-state index >= 15 is 0 Å². The molecule has 0 atom stereocenters. The Morgan fingerprint density at radius 1 is 1.20 bits per heavy atom. The van der Waals surface area contributed by atoms with Crippen LogP contribution in [0, 0.1) is 0 Å². The van der Waals surface area contributed by atoms with Gasteiger partial charge in [0.15, 0.2) is 0 Å². The van der Waals surface area contributed by atoms with Crippen molar-refractivity contribution < 1.29 is 4.74 Å². The second-order valence-corrected chi connectivity index (χ2v) is 6.96. The number of thioether (sulfide) groups is 1. The molecule has 0 unspecified atom stereocenters. The molecule has 0 fully saturated rings. The van der Waals surface area contributed by atoms with Crippen LogP contribution in [-0.4, -0.2) is 16.7 Å². The van der Waals surface area contributed by atoms with Gasteiger partial charge in [0.05, 0.1) is 11.6 Å². The molecule has 3 nitrogen and oxygen atoms in total. The minimum absolute atomic E-state index is 0.562. The number of pyridine rings is 1. The molecule has 0 amide bonds. The monoisotopic (exact) mass is 394 g/mol. The van der Waals surface area contributed by atoms with Gasteiger partial charge in [0, 0.05) is 41.8 Å². The first-order chi connectivity index (χ1) is 12.1. The molecule has 2 aromatic rings. The van der Waals surface area contributed by atoms with Gasteiger partial charge >= 0.3 is 0 Å². The first-order valence-electron chi connectivity index (χ1n) is 7.72. The van der Waals surface area contributed by atoms with Crippen LogP contribution in [0.2, 0.25) is 0 Å². The van der Waals surface area contributed by atoms with Crippen LogP contribution in [0.3, 0.4) is 0 Å². The Morgan fingerprint density at radius 3 is 2.64 bits per heavy atom. The summed E-state index contributed by atoms with van der Waals surface area (Å²) in [6, 6.07) is 8.19. The van der Waals surface area contributed by atoms with E-state index in [1.807, 2.05) is 30.5 Å². The summed E-state index contributed by atoms with van der Waals surface area (Å²) >= 11 is 13.7. The molecule has 0 saturated carbocycles. The topological polar surface area (TPSA) is 27.1 Å². The van der Waals surface area contributed by atoms with Crippen LogP contribution in [0.5, 0.6) is 0 Å². The molecule has 0 radical (unpaired) electrons. The van der Waals surface area contributed by atoms with Gasteiger partial charge in [-0.3, -0.25) is 4.98 Å². The van der Waals surface area contributed by atoms with Gasteiger partial charge in [-0.1, -0.05) is 41.0 Å². The summed E-state index contributed by atoms with van der Waals surface area (Å²) in [6.45, 7) is 3.19. The second kappa shape index (κ2) is 10.5. The van der Waals surface area contributed by atoms with Crippen molar-refractivity contribution in [3.05, 3.63) is 81.6 Å². The molecule has 2 aromatic heterocycles. The van der Waals surface area contributed by atoms with Crippen LogP contribution in [-0.2, 0) is 17.9 Å². The highest BCUT2D eigenvalue weighted by Gasteiger charge is 2.08. The highest BCUT2D eigenvalue weighted by Crippen LogP contribution is 2.25. The maximum atomic E-state index is 6.15. The first-order valence-corrected chi connectivity index (χ1v) is 9.36. The van der Waals surface area contributed by atoms with E-state index in [4.69, 9.17) is 27.9 Å². The molecule has 0 aliphatic rings. The molecule has 2 rings (SSSR count). The molecule has 2 heterocycles. The molecule has 25 heavy (non-hydrogen) atoms. The summed E-state index contributed by atoms with van der Waals surface area (Å²) in [7, 11) is 1.70. The lowest BCUT2D eigenvalue weighted by Crippen LogP contribution is -2.06. The molecule has 0 spiro atoms. The number of hydrogen-bond acceptors (Lipinski definition) is 3. The maximum absolute atomic E-state index is 6.15. The van der Waals surface area contributed by atoms with Gasteiger partial charge < -0.3 is 9.30 Å². The SMILES string of the molecule is C\C=C(Cl)/C=C(Cl)\C=C\Sc1ccc(COC)n1Cc1ccncc1. The zero-order valence-electron chi connectivity index (χ0n) is 14.2. The van der Waals surface area contributed by atoms with Crippen molar-refractivity contribution in [3.8, 4) is 0 Å². The van der Waals surface area contributed by atoms with E-state index in [-0.39, 0.29) is 0 Å². The molecule has 0 aromatic carbocycles. The van der Waals surface area contributed by atoms with Crippen LogP contribution in [0.1, 0.15) is 18.2 Å². The molecular formula is C19H20Cl2N2OS. The summed E-state index contributed by atoms with van der Waals surface area (Å²) in [5, 5.41) is 4.26. The van der Waals surface area contributed by atoms with Crippen molar-refractivity contribution in [1.82, 2.24) is 9.55 Å². The van der Waals surface area contributed by atoms with E-state index in [2.05, 4.69) is 21.7 Å². The summed E-state index contributed by atoms with van der Waals surface area (Å²) in [5.74, 6) is 0. The number of hydrogen-bond donors (Lipinski definition) is 0. The Balaban J connectivity index is 2.16. The Labute approximate surface area is 163 Å². The number of aromatic nitrogens is 2. The van der Waals surface area contributed by atoms with Gasteiger partial charge in [-0.25, -0.2) is 0 Å². The standard InChI is InChI=1S/C19H20Cl2N2OS/c1-3-16(20)12-17(21)8-11-25-19-5-4-18(14-24-2)23(19)13-15-6-9-22-10-7-15/h3-12H,13-14H2,1-2H3/b11-8+,16-3+,17-12+. The summed E-state index contributed by atoms with van der Waals surface area (Å²) in [6.07, 6.45) is 8.94. The number of methoxy groups -OCH3 is 1. The van der Waals surface area contributed by atoms with Gasteiger partial charge in [-0.2, -0.15) is 0 Å². The van der Waals surface area contributed by atoms with E-state index in [1.165, 1.54) is 5.56 Å². The average Bonchev–Trinajstić information content (AvgIpc) is 2.98. The fourth-order valence-electron chi connectivity index (χ4n) is 2.15. The van der Waals surface area contributed by atoms with Crippen molar-refractivity contribution in [2.45, 2.75) is 25.1 Å². The fraction of sp³-hybridized carbons (Fsp3) is 0.211. The predicted octanol–water partition coefficient (Wildman–Crippen LogP) is 5.95. The van der Waals surface area contributed by atoms with Gasteiger partial charge in [-0.15, -0.1) is 0 Å². The van der Waals surface area contributed by atoms with Gasteiger partial charge in [-0.05, 0) is 54.3 Å². The fourth-order valence-corrected chi connectivity index (χ4v) is 3.39. The second-order valence-electron chi connectivity index (χ2n) is 5.16. The number of allylic oxidation sites excluding steroid dienone is 5. The third-order valence-electron chi connectivity index (χ3n) is 3.38. The van der Waals surface area contributed by atoms with Crippen molar-refractivity contribution in [1.29, 1.82) is 0 Å². The quantitative estimate of drug-likeness (QED) is 0.408. The lowest BCUT2D eigenvalue weighted by atomic mass is 10.2. The van der Waals surface area contributed by atoms with Crippen molar-refractivity contribution in [2.24, 2.45) is 0 Å². The summed E-state index contributed by atoms with van der Waals surface area (Å²) in [5.41, 5.74) is 2.31. The lowest BCUT2D eigenvalue weighted by Gasteiger charge is -2.12. The van der Waals surface area contributed by atoms with E-state index in [0.717, 1.165) is 17.3 Å². The van der Waals surface area contributed by atoms with Crippen LogP contribution >= 0.6 is 35.0 Å². The minimum atomic E-state index is 0.562. The molecule has 0 bridgehead atoms. The van der Waals surface area contributed by atoms with Crippen LogP contribution in [0.4, 0.5) is 0 Å². The normalized spacial score (nSPS) is 13.0. The largest absolute Gasteiger partial charge is 0.378 e. The van der Waals surface area contributed by atoms with E-state index < -0.39 is 0 Å². The van der Waals surface area contributed by atoms with Gasteiger partial charge in [0.2, 0.25) is 0 Å².